The lowest BCUT2D eigenvalue weighted by Crippen LogP contribution is -2.56. The smallest absolute Gasteiger partial charge is 0.357 e. The standard InChI is InChI=1S/C19H34F3N5O/c1-4-23-18(24-8-7-17(28)27-9-5-6-15(2)14-27)26-12-10-25(11-13-26)16(3)19(20,21)22/h15-16H,4-14H2,1-3H3,(H,23,24). The maximum absolute atomic E-state index is 12.9. The number of carbonyl (C=O) groups excluding carboxylic acids is 1. The molecule has 0 aromatic heterocycles. The second-order valence-electron chi connectivity index (χ2n) is 7.81. The quantitative estimate of drug-likeness (QED) is 0.563. The zero-order valence-corrected chi connectivity index (χ0v) is 17.3. The van der Waals surface area contributed by atoms with Gasteiger partial charge in [-0.05, 0) is 32.6 Å². The molecule has 2 aliphatic heterocycles. The highest BCUT2D eigenvalue weighted by atomic mass is 19.4. The van der Waals surface area contributed by atoms with Crippen LogP contribution in [0.15, 0.2) is 4.99 Å². The summed E-state index contributed by atoms with van der Waals surface area (Å²) in [5.74, 6) is 1.37. The topological polar surface area (TPSA) is 51.2 Å². The number of hydrogen-bond donors (Lipinski definition) is 1. The summed E-state index contributed by atoms with van der Waals surface area (Å²) in [7, 11) is 0. The predicted octanol–water partition coefficient (Wildman–Crippen LogP) is 2.17. The third-order valence-corrected chi connectivity index (χ3v) is 5.57. The van der Waals surface area contributed by atoms with Gasteiger partial charge in [0.05, 0.1) is 6.54 Å². The van der Waals surface area contributed by atoms with E-state index in [4.69, 9.17) is 0 Å². The van der Waals surface area contributed by atoms with Crippen molar-refractivity contribution in [1.29, 1.82) is 0 Å². The largest absolute Gasteiger partial charge is 0.403 e. The molecule has 1 N–H and O–H groups in total. The first-order chi connectivity index (χ1) is 13.2. The van der Waals surface area contributed by atoms with E-state index in [1.54, 1.807) is 0 Å². The van der Waals surface area contributed by atoms with Crippen LogP contribution < -0.4 is 5.32 Å². The highest BCUT2D eigenvalue weighted by Gasteiger charge is 2.41. The predicted molar refractivity (Wildman–Crippen MR) is 104 cm³/mol. The summed E-state index contributed by atoms with van der Waals surface area (Å²) in [5.41, 5.74) is 0. The van der Waals surface area contributed by atoms with E-state index in [-0.39, 0.29) is 5.91 Å². The van der Waals surface area contributed by atoms with Crippen molar-refractivity contribution in [2.45, 2.75) is 52.3 Å². The fraction of sp³-hybridized carbons (Fsp3) is 0.895. The van der Waals surface area contributed by atoms with Crippen LogP contribution in [-0.4, -0.2) is 91.1 Å². The molecule has 2 rings (SSSR count). The van der Waals surface area contributed by atoms with Gasteiger partial charge in [0.2, 0.25) is 5.91 Å². The first-order valence-electron chi connectivity index (χ1n) is 10.3. The van der Waals surface area contributed by atoms with Gasteiger partial charge in [0.15, 0.2) is 5.96 Å². The van der Waals surface area contributed by atoms with Gasteiger partial charge in [-0.3, -0.25) is 14.7 Å². The summed E-state index contributed by atoms with van der Waals surface area (Å²) in [6, 6.07) is -1.43. The molecule has 2 heterocycles. The van der Waals surface area contributed by atoms with Crippen LogP contribution in [0.5, 0.6) is 0 Å². The van der Waals surface area contributed by atoms with Crippen LogP contribution in [0.2, 0.25) is 0 Å². The average molecular weight is 406 g/mol. The van der Waals surface area contributed by atoms with Crippen molar-refractivity contribution in [3.63, 3.8) is 0 Å². The maximum atomic E-state index is 12.9. The number of piperidine rings is 1. The van der Waals surface area contributed by atoms with Crippen LogP contribution in [0, 0.1) is 5.92 Å². The molecule has 9 heteroatoms. The van der Waals surface area contributed by atoms with E-state index in [0.29, 0.717) is 57.6 Å². The molecule has 2 fully saturated rings. The fourth-order valence-electron chi connectivity index (χ4n) is 3.79. The molecule has 0 saturated carbocycles. The molecule has 0 aromatic rings. The fourth-order valence-corrected chi connectivity index (χ4v) is 3.79. The molecule has 0 radical (unpaired) electrons. The van der Waals surface area contributed by atoms with Crippen LogP contribution in [0.3, 0.4) is 0 Å². The summed E-state index contributed by atoms with van der Waals surface area (Å²) in [4.78, 5) is 22.3. The van der Waals surface area contributed by atoms with Gasteiger partial charge in [0, 0.05) is 52.2 Å². The molecule has 2 saturated heterocycles. The molecule has 0 spiro atoms. The van der Waals surface area contributed by atoms with Crippen LogP contribution in [0.4, 0.5) is 13.2 Å². The Morgan fingerprint density at radius 1 is 1.18 bits per heavy atom. The lowest BCUT2D eigenvalue weighted by molar-refractivity contribution is -0.181. The molecule has 1 amide bonds. The van der Waals surface area contributed by atoms with Gasteiger partial charge in [-0.1, -0.05) is 6.92 Å². The molecule has 2 unspecified atom stereocenters. The Labute approximate surface area is 166 Å². The zero-order chi connectivity index (χ0) is 20.7. The average Bonchev–Trinajstić information content (AvgIpc) is 2.66. The summed E-state index contributed by atoms with van der Waals surface area (Å²) in [6.07, 6.45) is -1.61. The molecular weight excluding hydrogens is 371 g/mol. The van der Waals surface area contributed by atoms with Crippen molar-refractivity contribution in [2.75, 3.05) is 52.4 Å². The van der Waals surface area contributed by atoms with Crippen molar-refractivity contribution in [3.8, 4) is 0 Å². The minimum atomic E-state index is -4.20. The van der Waals surface area contributed by atoms with Crippen molar-refractivity contribution in [3.05, 3.63) is 0 Å². The Hall–Kier alpha value is -1.51. The molecule has 0 bridgehead atoms. The van der Waals surface area contributed by atoms with E-state index in [1.165, 1.54) is 18.2 Å². The third kappa shape index (κ3) is 6.53. The van der Waals surface area contributed by atoms with Crippen LogP contribution >= 0.6 is 0 Å². The van der Waals surface area contributed by atoms with Crippen LogP contribution in [-0.2, 0) is 4.79 Å². The molecule has 6 nitrogen and oxygen atoms in total. The lowest BCUT2D eigenvalue weighted by atomic mass is 10.00. The molecule has 2 atom stereocenters. The highest BCUT2D eigenvalue weighted by Crippen LogP contribution is 2.25. The van der Waals surface area contributed by atoms with Crippen molar-refractivity contribution in [1.82, 2.24) is 20.0 Å². The van der Waals surface area contributed by atoms with Gasteiger partial charge in [0.25, 0.3) is 0 Å². The van der Waals surface area contributed by atoms with Crippen molar-refractivity contribution in [2.24, 2.45) is 10.9 Å². The van der Waals surface area contributed by atoms with Crippen molar-refractivity contribution >= 4 is 11.9 Å². The molecule has 162 valence electrons. The molecule has 2 aliphatic rings. The number of likely N-dealkylation sites (tertiary alicyclic amines) is 1. The Bertz CT molecular complexity index is 532. The van der Waals surface area contributed by atoms with Gasteiger partial charge < -0.3 is 15.1 Å². The number of amides is 1. The van der Waals surface area contributed by atoms with Gasteiger partial charge in [0.1, 0.15) is 6.04 Å². The van der Waals surface area contributed by atoms with Gasteiger partial charge in [-0.25, -0.2) is 0 Å². The molecular formula is C19H34F3N5O. The normalized spacial score (nSPS) is 23.6. The molecule has 28 heavy (non-hydrogen) atoms. The highest BCUT2D eigenvalue weighted by molar-refractivity contribution is 5.81. The van der Waals surface area contributed by atoms with E-state index in [9.17, 15) is 18.0 Å². The first-order valence-corrected chi connectivity index (χ1v) is 10.3. The van der Waals surface area contributed by atoms with E-state index in [0.717, 1.165) is 19.5 Å². The Morgan fingerprint density at radius 2 is 1.86 bits per heavy atom. The molecule has 0 aliphatic carbocycles. The summed E-state index contributed by atoms with van der Waals surface area (Å²) in [5, 5.41) is 3.20. The van der Waals surface area contributed by atoms with Crippen LogP contribution in [0.1, 0.15) is 40.0 Å². The van der Waals surface area contributed by atoms with E-state index < -0.39 is 12.2 Å². The monoisotopic (exact) mass is 405 g/mol. The second-order valence-corrected chi connectivity index (χ2v) is 7.81. The zero-order valence-electron chi connectivity index (χ0n) is 17.3. The SMILES string of the molecule is CCNC(=NCCC(=O)N1CCCC(C)C1)N1CCN(C(C)C(F)(F)F)CC1. The number of guanidine groups is 1. The summed E-state index contributed by atoms with van der Waals surface area (Å²) < 4.78 is 38.7. The Balaban J connectivity index is 1.84. The number of nitrogens with one attached hydrogen (secondary N) is 1. The van der Waals surface area contributed by atoms with E-state index in [2.05, 4.69) is 17.2 Å². The number of alkyl halides is 3. The Kier molecular flexibility index (Phi) is 8.39. The lowest BCUT2D eigenvalue weighted by Gasteiger charge is -2.39. The number of aliphatic imine (C=N–C) groups is 1. The first kappa shape index (κ1) is 22.8. The second kappa shape index (κ2) is 10.3. The maximum Gasteiger partial charge on any atom is 0.403 e. The Morgan fingerprint density at radius 3 is 2.43 bits per heavy atom. The number of piperazine rings is 1. The minimum Gasteiger partial charge on any atom is -0.357 e. The number of hydrogen-bond acceptors (Lipinski definition) is 3. The minimum absolute atomic E-state index is 0.134. The summed E-state index contributed by atoms with van der Waals surface area (Å²) >= 11 is 0. The molecule has 0 aromatic carbocycles. The van der Waals surface area contributed by atoms with Gasteiger partial charge in [-0.15, -0.1) is 0 Å². The number of carbonyl (C=O) groups is 1. The van der Waals surface area contributed by atoms with Crippen molar-refractivity contribution < 1.29 is 18.0 Å². The number of halogens is 3. The van der Waals surface area contributed by atoms with Gasteiger partial charge in [-0.2, -0.15) is 13.2 Å². The van der Waals surface area contributed by atoms with E-state index >= 15 is 0 Å². The van der Waals surface area contributed by atoms with E-state index in [1.807, 2.05) is 16.7 Å². The van der Waals surface area contributed by atoms with Gasteiger partial charge >= 0.3 is 6.18 Å². The van der Waals surface area contributed by atoms with Crippen LogP contribution in [0.25, 0.3) is 0 Å². The summed E-state index contributed by atoms with van der Waals surface area (Å²) in [6.45, 7) is 9.72. The number of rotatable bonds is 5. The number of nitrogens with zero attached hydrogens (tertiary/aromatic N) is 4. The third-order valence-electron chi connectivity index (χ3n) is 5.57.